The molecule has 0 aliphatic carbocycles. The van der Waals surface area contributed by atoms with Crippen LogP contribution >= 0.6 is 0 Å². The lowest BCUT2D eigenvalue weighted by molar-refractivity contribution is -0.129. The minimum absolute atomic E-state index is 0.0412. The highest BCUT2D eigenvalue weighted by atomic mass is 16.5. The van der Waals surface area contributed by atoms with Crippen molar-refractivity contribution in [2.75, 3.05) is 6.61 Å². The van der Waals surface area contributed by atoms with Gasteiger partial charge in [0.15, 0.2) is 0 Å². The van der Waals surface area contributed by atoms with E-state index in [2.05, 4.69) is 19.2 Å². The van der Waals surface area contributed by atoms with Crippen molar-refractivity contribution in [1.82, 2.24) is 5.32 Å². The van der Waals surface area contributed by atoms with Crippen molar-refractivity contribution in [3.05, 3.63) is 0 Å². The first-order valence-electron chi connectivity index (χ1n) is 7.44. The van der Waals surface area contributed by atoms with Crippen LogP contribution in [0.15, 0.2) is 0 Å². The Bertz CT molecular complexity index is 306. The number of hydrogen-bond donors (Lipinski definition) is 2. The zero-order valence-electron chi connectivity index (χ0n) is 13.1. The molecular weight excluding hydrogens is 240 g/mol. The molecule has 0 aromatic carbocycles. The molecule has 2 atom stereocenters. The Morgan fingerprint density at radius 2 is 2.00 bits per heavy atom. The maximum absolute atomic E-state index is 12.2. The Morgan fingerprint density at radius 1 is 1.42 bits per heavy atom. The van der Waals surface area contributed by atoms with Crippen molar-refractivity contribution in [2.45, 2.75) is 78.0 Å². The van der Waals surface area contributed by atoms with E-state index >= 15 is 0 Å². The Balaban J connectivity index is 2.60. The Kier molecular flexibility index (Phi) is 5.39. The van der Waals surface area contributed by atoms with E-state index in [1.807, 2.05) is 20.8 Å². The fourth-order valence-electron chi connectivity index (χ4n) is 2.58. The summed E-state index contributed by atoms with van der Waals surface area (Å²) in [7, 11) is 0. The summed E-state index contributed by atoms with van der Waals surface area (Å²) < 4.78 is 5.92. The summed E-state index contributed by atoms with van der Waals surface area (Å²) in [5, 5.41) is 3.10. The maximum Gasteiger partial charge on any atom is 0.237 e. The largest absolute Gasteiger partial charge is 0.375 e. The molecule has 0 spiro atoms. The van der Waals surface area contributed by atoms with E-state index in [9.17, 15) is 4.79 Å². The van der Waals surface area contributed by atoms with E-state index in [-0.39, 0.29) is 23.0 Å². The zero-order chi connectivity index (χ0) is 14.7. The van der Waals surface area contributed by atoms with E-state index in [0.717, 1.165) is 32.3 Å². The molecule has 112 valence electrons. The second kappa shape index (κ2) is 6.23. The van der Waals surface area contributed by atoms with Crippen molar-refractivity contribution in [2.24, 2.45) is 11.1 Å². The maximum atomic E-state index is 12.2. The summed E-state index contributed by atoms with van der Waals surface area (Å²) in [6, 6.07) is -0.275. The molecule has 1 heterocycles. The standard InChI is InChI=1S/C15H30N2O2/c1-6-15(7-2)10-11(8-9-19-15)17-13(18)12(16)14(3,4)5/h11-12H,6-10,16H2,1-5H3,(H,17,18). The molecule has 2 unspecified atom stereocenters. The molecule has 1 saturated heterocycles. The van der Waals surface area contributed by atoms with Crippen LogP contribution in [0.1, 0.15) is 60.3 Å². The number of nitrogens with two attached hydrogens (primary N) is 1. The van der Waals surface area contributed by atoms with Crippen LogP contribution in [0.4, 0.5) is 0 Å². The molecule has 0 aromatic heterocycles. The summed E-state index contributed by atoms with van der Waals surface area (Å²) in [4.78, 5) is 12.2. The summed E-state index contributed by atoms with van der Waals surface area (Å²) in [6.45, 7) is 11.0. The van der Waals surface area contributed by atoms with Crippen molar-refractivity contribution in [3.8, 4) is 0 Å². The van der Waals surface area contributed by atoms with Crippen molar-refractivity contribution >= 4 is 5.91 Å². The van der Waals surface area contributed by atoms with E-state index in [0.29, 0.717) is 0 Å². The van der Waals surface area contributed by atoms with E-state index in [1.165, 1.54) is 0 Å². The minimum atomic E-state index is -0.465. The van der Waals surface area contributed by atoms with Crippen LogP contribution in [0.3, 0.4) is 0 Å². The summed E-state index contributed by atoms with van der Waals surface area (Å²) >= 11 is 0. The van der Waals surface area contributed by atoms with Crippen LogP contribution in [0.5, 0.6) is 0 Å². The highest BCUT2D eigenvalue weighted by molar-refractivity contribution is 5.82. The predicted octanol–water partition coefficient (Wildman–Crippen LogP) is 2.21. The first kappa shape index (κ1) is 16.4. The van der Waals surface area contributed by atoms with Crippen molar-refractivity contribution in [3.63, 3.8) is 0 Å². The molecule has 0 bridgehead atoms. The second-order valence-electron chi connectivity index (χ2n) is 6.78. The molecule has 1 aliphatic rings. The van der Waals surface area contributed by atoms with Gasteiger partial charge in [0.25, 0.3) is 0 Å². The molecular formula is C15H30N2O2. The van der Waals surface area contributed by atoms with Gasteiger partial charge in [-0.3, -0.25) is 4.79 Å². The number of rotatable bonds is 4. The molecule has 1 aliphatic heterocycles. The van der Waals surface area contributed by atoms with Crippen molar-refractivity contribution < 1.29 is 9.53 Å². The molecule has 19 heavy (non-hydrogen) atoms. The van der Waals surface area contributed by atoms with Gasteiger partial charge < -0.3 is 15.8 Å². The lowest BCUT2D eigenvalue weighted by Gasteiger charge is -2.41. The van der Waals surface area contributed by atoms with Gasteiger partial charge in [0.1, 0.15) is 0 Å². The van der Waals surface area contributed by atoms with Crippen molar-refractivity contribution in [1.29, 1.82) is 0 Å². The third-order valence-electron chi connectivity index (χ3n) is 4.34. The van der Waals surface area contributed by atoms with Gasteiger partial charge in [0.2, 0.25) is 5.91 Å². The van der Waals surface area contributed by atoms with Crippen LogP contribution in [-0.4, -0.2) is 30.2 Å². The van der Waals surface area contributed by atoms with Gasteiger partial charge in [-0.15, -0.1) is 0 Å². The molecule has 3 N–H and O–H groups in total. The predicted molar refractivity (Wildman–Crippen MR) is 77.9 cm³/mol. The number of carbonyl (C=O) groups is 1. The number of ether oxygens (including phenoxy) is 1. The number of carbonyl (C=O) groups excluding carboxylic acids is 1. The third kappa shape index (κ3) is 4.18. The Hall–Kier alpha value is -0.610. The van der Waals surface area contributed by atoms with Crippen LogP contribution < -0.4 is 11.1 Å². The number of amides is 1. The molecule has 1 fully saturated rings. The fourth-order valence-corrected chi connectivity index (χ4v) is 2.58. The van der Waals surface area contributed by atoms with Gasteiger partial charge in [-0.05, 0) is 31.1 Å². The monoisotopic (exact) mass is 270 g/mol. The van der Waals surface area contributed by atoms with Gasteiger partial charge in [-0.2, -0.15) is 0 Å². The van der Waals surface area contributed by atoms with Gasteiger partial charge in [-0.1, -0.05) is 34.6 Å². The Morgan fingerprint density at radius 3 is 2.47 bits per heavy atom. The van der Waals surface area contributed by atoms with Gasteiger partial charge in [-0.25, -0.2) is 0 Å². The first-order chi connectivity index (χ1) is 8.74. The van der Waals surface area contributed by atoms with Crippen LogP contribution in [0.25, 0.3) is 0 Å². The molecule has 1 amide bonds. The van der Waals surface area contributed by atoms with E-state index < -0.39 is 6.04 Å². The summed E-state index contributed by atoms with van der Waals surface area (Å²) in [5.74, 6) is -0.0412. The highest BCUT2D eigenvalue weighted by Crippen LogP contribution is 2.31. The lowest BCUT2D eigenvalue weighted by Crippen LogP contribution is -2.54. The quantitative estimate of drug-likeness (QED) is 0.823. The summed E-state index contributed by atoms with van der Waals surface area (Å²) in [6.07, 6.45) is 3.75. The molecule has 4 heteroatoms. The lowest BCUT2D eigenvalue weighted by atomic mass is 9.84. The molecule has 1 rings (SSSR count). The van der Waals surface area contributed by atoms with E-state index in [1.54, 1.807) is 0 Å². The number of nitrogens with one attached hydrogen (secondary N) is 1. The number of hydrogen-bond acceptors (Lipinski definition) is 3. The molecule has 0 saturated carbocycles. The third-order valence-corrected chi connectivity index (χ3v) is 4.34. The Labute approximate surface area is 117 Å². The second-order valence-corrected chi connectivity index (χ2v) is 6.78. The van der Waals surface area contributed by atoms with Crippen LogP contribution in [-0.2, 0) is 9.53 Å². The first-order valence-corrected chi connectivity index (χ1v) is 7.44. The normalized spacial score (nSPS) is 24.8. The molecule has 0 aromatic rings. The van der Waals surface area contributed by atoms with Gasteiger partial charge in [0.05, 0.1) is 11.6 Å². The highest BCUT2D eigenvalue weighted by Gasteiger charge is 2.36. The van der Waals surface area contributed by atoms with Gasteiger partial charge in [0, 0.05) is 12.6 Å². The summed E-state index contributed by atoms with van der Waals surface area (Å²) in [5.41, 5.74) is 5.73. The smallest absolute Gasteiger partial charge is 0.237 e. The average molecular weight is 270 g/mol. The average Bonchev–Trinajstić information content (AvgIpc) is 2.36. The fraction of sp³-hybridized carbons (Fsp3) is 0.933. The van der Waals surface area contributed by atoms with E-state index in [4.69, 9.17) is 10.5 Å². The van der Waals surface area contributed by atoms with Gasteiger partial charge >= 0.3 is 0 Å². The minimum Gasteiger partial charge on any atom is -0.375 e. The molecule has 4 nitrogen and oxygen atoms in total. The van der Waals surface area contributed by atoms with Crippen LogP contribution in [0, 0.1) is 5.41 Å². The van der Waals surface area contributed by atoms with Crippen LogP contribution in [0.2, 0.25) is 0 Å². The topological polar surface area (TPSA) is 64.4 Å². The SMILES string of the molecule is CCC1(CC)CC(NC(=O)C(N)C(C)(C)C)CCO1. The zero-order valence-corrected chi connectivity index (χ0v) is 13.1. The molecule has 0 radical (unpaired) electrons.